The molecule has 0 radical (unpaired) electrons. The van der Waals surface area contributed by atoms with Crippen LogP contribution in [0.5, 0.6) is 0 Å². The largest absolute Gasteiger partial charge is 0.480 e. The molecule has 0 bridgehead atoms. The number of carboxylic acids is 1. The SMILES string of the molecule is CC(=O)N[C@@H](CC(C)C)C(=O)N[C@@H](Cc1c[nH]cn1)C(=O)N[C@@H](CO)C(=O)O. The van der Waals surface area contributed by atoms with Crippen molar-refractivity contribution in [2.45, 2.75) is 51.7 Å². The van der Waals surface area contributed by atoms with Crippen LogP contribution < -0.4 is 16.0 Å². The average Bonchev–Trinajstić information content (AvgIpc) is 3.10. The fraction of sp³-hybridized carbons (Fsp3) is 0.588. The minimum Gasteiger partial charge on any atom is -0.480 e. The highest BCUT2D eigenvalue weighted by Gasteiger charge is 2.29. The first-order valence-electron chi connectivity index (χ1n) is 8.83. The zero-order chi connectivity index (χ0) is 21.3. The molecule has 0 aromatic carbocycles. The minimum atomic E-state index is -1.51. The van der Waals surface area contributed by atoms with Crippen LogP contribution in [0.25, 0.3) is 0 Å². The van der Waals surface area contributed by atoms with Gasteiger partial charge in [0, 0.05) is 19.5 Å². The first-order chi connectivity index (χ1) is 13.1. The van der Waals surface area contributed by atoms with Crippen molar-refractivity contribution in [2.24, 2.45) is 5.92 Å². The first kappa shape index (κ1) is 23.1. The number of H-pyrrole nitrogens is 1. The van der Waals surface area contributed by atoms with E-state index in [0.717, 1.165) is 0 Å². The fourth-order valence-corrected chi connectivity index (χ4v) is 2.50. The molecule has 0 spiro atoms. The molecule has 1 heterocycles. The summed E-state index contributed by atoms with van der Waals surface area (Å²) in [6.45, 7) is 4.25. The van der Waals surface area contributed by atoms with E-state index in [0.29, 0.717) is 12.1 Å². The lowest BCUT2D eigenvalue weighted by Crippen LogP contribution is -2.57. The minimum absolute atomic E-state index is 0.00664. The van der Waals surface area contributed by atoms with Gasteiger partial charge in [0.05, 0.1) is 18.6 Å². The number of imidazole rings is 1. The van der Waals surface area contributed by atoms with Crippen LogP contribution in [0.2, 0.25) is 0 Å². The van der Waals surface area contributed by atoms with E-state index in [1.54, 1.807) is 0 Å². The average molecular weight is 397 g/mol. The van der Waals surface area contributed by atoms with Crippen LogP contribution in [0.3, 0.4) is 0 Å². The van der Waals surface area contributed by atoms with Crippen molar-refractivity contribution >= 4 is 23.7 Å². The molecule has 3 amide bonds. The van der Waals surface area contributed by atoms with Crippen molar-refractivity contribution in [2.75, 3.05) is 6.61 Å². The van der Waals surface area contributed by atoms with E-state index in [9.17, 15) is 19.2 Å². The zero-order valence-electron chi connectivity index (χ0n) is 16.1. The molecule has 0 aliphatic rings. The third-order valence-electron chi connectivity index (χ3n) is 3.80. The molecule has 1 aromatic heterocycles. The van der Waals surface area contributed by atoms with Gasteiger partial charge in [0.25, 0.3) is 0 Å². The Morgan fingerprint density at radius 1 is 1.07 bits per heavy atom. The van der Waals surface area contributed by atoms with Crippen LogP contribution in [-0.4, -0.2) is 68.6 Å². The van der Waals surface area contributed by atoms with Crippen LogP contribution in [0.4, 0.5) is 0 Å². The van der Waals surface area contributed by atoms with Crippen molar-refractivity contribution in [3.8, 4) is 0 Å². The first-order valence-corrected chi connectivity index (χ1v) is 8.83. The summed E-state index contributed by atoms with van der Waals surface area (Å²) in [5.41, 5.74) is 0.469. The number of carbonyl (C=O) groups is 4. The molecule has 1 aromatic rings. The Balaban J connectivity index is 2.96. The lowest BCUT2D eigenvalue weighted by atomic mass is 10.0. The van der Waals surface area contributed by atoms with Gasteiger partial charge in [-0.05, 0) is 12.3 Å². The normalized spacial score (nSPS) is 14.0. The number of hydrogen-bond acceptors (Lipinski definition) is 6. The standard InChI is InChI=1S/C17H27N5O6/c1-9(2)4-12(20-10(3)24)15(25)21-13(5-11-6-18-8-19-11)16(26)22-14(7-23)17(27)28/h6,8-9,12-14,23H,4-5,7H2,1-3H3,(H,18,19)(H,20,24)(H,21,25)(H,22,26)(H,27,28)/t12-,13-,14-/m0/s1. The maximum absolute atomic E-state index is 12.6. The van der Waals surface area contributed by atoms with Gasteiger partial charge in [0.15, 0.2) is 0 Å². The third-order valence-corrected chi connectivity index (χ3v) is 3.80. The summed E-state index contributed by atoms with van der Waals surface area (Å²) in [4.78, 5) is 54.3. The van der Waals surface area contributed by atoms with Crippen LogP contribution in [0.1, 0.15) is 32.9 Å². The summed E-state index contributed by atoms with van der Waals surface area (Å²) in [7, 11) is 0. The second-order valence-electron chi connectivity index (χ2n) is 6.79. The summed E-state index contributed by atoms with van der Waals surface area (Å²) >= 11 is 0. The number of hydrogen-bond donors (Lipinski definition) is 6. The van der Waals surface area contributed by atoms with Crippen molar-refractivity contribution in [3.05, 3.63) is 18.2 Å². The summed E-state index contributed by atoms with van der Waals surface area (Å²) in [6, 6.07) is -3.50. The van der Waals surface area contributed by atoms with E-state index in [1.807, 2.05) is 13.8 Å². The molecule has 0 saturated carbocycles. The molecular formula is C17H27N5O6. The molecule has 3 atom stereocenters. The molecule has 156 valence electrons. The van der Waals surface area contributed by atoms with Gasteiger partial charge in [0.1, 0.15) is 18.1 Å². The smallest absolute Gasteiger partial charge is 0.328 e. The number of carboxylic acid groups (broad SMARTS) is 1. The summed E-state index contributed by atoms with van der Waals surface area (Å²) in [5, 5.41) is 25.4. The summed E-state index contributed by atoms with van der Waals surface area (Å²) < 4.78 is 0. The number of carbonyl (C=O) groups excluding carboxylic acids is 3. The topological polar surface area (TPSA) is 174 Å². The van der Waals surface area contributed by atoms with Gasteiger partial charge < -0.3 is 31.1 Å². The van der Waals surface area contributed by atoms with Crippen molar-refractivity contribution in [3.63, 3.8) is 0 Å². The van der Waals surface area contributed by atoms with E-state index in [4.69, 9.17) is 10.2 Å². The van der Waals surface area contributed by atoms with Gasteiger partial charge in [0.2, 0.25) is 17.7 Å². The molecule has 6 N–H and O–H groups in total. The Labute approximate surface area is 162 Å². The van der Waals surface area contributed by atoms with E-state index in [-0.39, 0.29) is 18.2 Å². The molecule has 28 heavy (non-hydrogen) atoms. The predicted octanol–water partition coefficient (Wildman–Crippen LogP) is -1.45. The number of amides is 3. The van der Waals surface area contributed by atoms with Gasteiger partial charge in [-0.3, -0.25) is 14.4 Å². The number of aromatic amines is 1. The molecule has 0 aliphatic heterocycles. The Morgan fingerprint density at radius 3 is 2.14 bits per heavy atom. The number of rotatable bonds is 11. The monoisotopic (exact) mass is 397 g/mol. The highest BCUT2D eigenvalue weighted by atomic mass is 16.4. The van der Waals surface area contributed by atoms with Crippen LogP contribution in [-0.2, 0) is 25.6 Å². The highest BCUT2D eigenvalue weighted by molar-refractivity contribution is 5.93. The number of nitrogens with zero attached hydrogens (tertiary/aromatic N) is 1. The third kappa shape index (κ3) is 7.74. The van der Waals surface area contributed by atoms with Crippen molar-refractivity contribution in [1.82, 2.24) is 25.9 Å². The maximum Gasteiger partial charge on any atom is 0.328 e. The molecule has 11 nitrogen and oxygen atoms in total. The summed E-state index contributed by atoms with van der Waals surface area (Å²) in [6.07, 6.45) is 3.29. The molecular weight excluding hydrogens is 370 g/mol. The highest BCUT2D eigenvalue weighted by Crippen LogP contribution is 2.07. The Morgan fingerprint density at radius 2 is 1.68 bits per heavy atom. The fourth-order valence-electron chi connectivity index (χ4n) is 2.50. The van der Waals surface area contributed by atoms with Gasteiger partial charge in [-0.25, -0.2) is 9.78 Å². The lowest BCUT2D eigenvalue weighted by molar-refractivity contribution is -0.143. The molecule has 1 rings (SSSR count). The second-order valence-corrected chi connectivity index (χ2v) is 6.79. The van der Waals surface area contributed by atoms with E-state index in [2.05, 4.69) is 25.9 Å². The summed E-state index contributed by atoms with van der Waals surface area (Å²) in [5.74, 6) is -3.05. The van der Waals surface area contributed by atoms with Gasteiger partial charge in [-0.1, -0.05) is 13.8 Å². The maximum atomic E-state index is 12.6. The molecule has 0 saturated heterocycles. The van der Waals surface area contributed by atoms with Gasteiger partial charge >= 0.3 is 5.97 Å². The number of aliphatic hydroxyl groups is 1. The lowest BCUT2D eigenvalue weighted by Gasteiger charge is -2.24. The Bertz CT molecular complexity index is 676. The van der Waals surface area contributed by atoms with E-state index < -0.39 is 42.5 Å². The second kappa shape index (κ2) is 11.0. The Kier molecular flexibility index (Phi) is 9.09. The van der Waals surface area contributed by atoms with E-state index in [1.165, 1.54) is 19.4 Å². The quantitative estimate of drug-likeness (QED) is 0.265. The van der Waals surface area contributed by atoms with Crippen LogP contribution in [0.15, 0.2) is 12.5 Å². The molecule has 0 unspecified atom stereocenters. The number of nitrogens with one attached hydrogen (secondary N) is 4. The van der Waals surface area contributed by atoms with Crippen molar-refractivity contribution < 1.29 is 29.4 Å². The van der Waals surface area contributed by atoms with Gasteiger partial charge in [-0.2, -0.15) is 0 Å². The van der Waals surface area contributed by atoms with E-state index >= 15 is 0 Å². The number of aliphatic hydroxyl groups excluding tert-OH is 1. The number of aliphatic carboxylic acids is 1. The molecule has 0 aliphatic carbocycles. The van der Waals surface area contributed by atoms with Crippen LogP contribution in [0, 0.1) is 5.92 Å². The number of aromatic nitrogens is 2. The molecule has 11 heteroatoms. The van der Waals surface area contributed by atoms with Gasteiger partial charge in [-0.15, -0.1) is 0 Å². The molecule has 0 fully saturated rings. The Hall–Kier alpha value is -2.95. The zero-order valence-corrected chi connectivity index (χ0v) is 16.1. The predicted molar refractivity (Wildman–Crippen MR) is 97.9 cm³/mol. The van der Waals surface area contributed by atoms with Crippen LogP contribution >= 0.6 is 0 Å². The van der Waals surface area contributed by atoms with Crippen molar-refractivity contribution in [1.29, 1.82) is 0 Å².